The van der Waals surface area contributed by atoms with Crippen LogP contribution in [0.3, 0.4) is 0 Å². The lowest BCUT2D eigenvalue weighted by Gasteiger charge is -2.23. The van der Waals surface area contributed by atoms with Crippen LogP contribution in [0.15, 0.2) is 0 Å². The SMILES string of the molecule is O=C(NC1CCCCCC1O)[C@@H]1CCCN1. The fraction of sp³-hybridized carbons (Fsp3) is 0.917. The molecule has 1 amide bonds. The quantitative estimate of drug-likeness (QED) is 0.603. The lowest BCUT2D eigenvalue weighted by atomic mass is 10.1. The number of hydrogen-bond acceptors (Lipinski definition) is 3. The Labute approximate surface area is 96.8 Å². The lowest BCUT2D eigenvalue weighted by molar-refractivity contribution is -0.124. The van der Waals surface area contributed by atoms with Crippen molar-refractivity contribution in [3.63, 3.8) is 0 Å². The molecule has 1 heterocycles. The van der Waals surface area contributed by atoms with Gasteiger partial charge in [-0.1, -0.05) is 19.3 Å². The van der Waals surface area contributed by atoms with Gasteiger partial charge >= 0.3 is 0 Å². The Morgan fingerprint density at radius 1 is 1.12 bits per heavy atom. The number of hydrogen-bond donors (Lipinski definition) is 3. The molecule has 0 bridgehead atoms. The second-order valence-electron chi connectivity index (χ2n) is 4.97. The fourth-order valence-corrected chi connectivity index (χ4v) is 2.65. The van der Waals surface area contributed by atoms with E-state index in [0.717, 1.165) is 45.1 Å². The van der Waals surface area contributed by atoms with Crippen LogP contribution in [0.5, 0.6) is 0 Å². The number of aliphatic hydroxyl groups excluding tert-OH is 1. The monoisotopic (exact) mass is 226 g/mol. The summed E-state index contributed by atoms with van der Waals surface area (Å²) in [5.41, 5.74) is 0. The highest BCUT2D eigenvalue weighted by atomic mass is 16.3. The van der Waals surface area contributed by atoms with Gasteiger partial charge in [0.2, 0.25) is 5.91 Å². The van der Waals surface area contributed by atoms with Gasteiger partial charge in [0.15, 0.2) is 0 Å². The van der Waals surface area contributed by atoms with Crippen LogP contribution >= 0.6 is 0 Å². The molecule has 92 valence electrons. The van der Waals surface area contributed by atoms with Crippen LogP contribution in [-0.4, -0.2) is 35.7 Å². The minimum Gasteiger partial charge on any atom is -0.391 e. The molecule has 1 aliphatic heterocycles. The molecular weight excluding hydrogens is 204 g/mol. The zero-order valence-electron chi connectivity index (χ0n) is 9.74. The fourth-order valence-electron chi connectivity index (χ4n) is 2.65. The second kappa shape index (κ2) is 5.64. The zero-order chi connectivity index (χ0) is 11.4. The van der Waals surface area contributed by atoms with Crippen LogP contribution in [0.2, 0.25) is 0 Å². The molecule has 0 aromatic heterocycles. The predicted molar refractivity (Wildman–Crippen MR) is 62.0 cm³/mol. The summed E-state index contributed by atoms with van der Waals surface area (Å²) in [5, 5.41) is 16.1. The molecule has 1 aliphatic carbocycles. The van der Waals surface area contributed by atoms with Crippen molar-refractivity contribution in [2.75, 3.05) is 6.54 Å². The predicted octanol–water partition coefficient (Wildman–Crippen LogP) is 0.548. The highest BCUT2D eigenvalue weighted by molar-refractivity contribution is 5.82. The van der Waals surface area contributed by atoms with E-state index in [1.807, 2.05) is 0 Å². The van der Waals surface area contributed by atoms with E-state index in [-0.39, 0.29) is 24.1 Å². The standard InChI is InChI=1S/C12H22N2O2/c15-11-7-3-1-2-5-9(11)14-12(16)10-6-4-8-13-10/h9-11,13,15H,1-8H2,(H,14,16)/t9?,10-,11?/m0/s1. The lowest BCUT2D eigenvalue weighted by Crippen LogP contribution is -2.49. The van der Waals surface area contributed by atoms with Gasteiger partial charge in [0, 0.05) is 0 Å². The number of aliphatic hydroxyl groups is 1. The third kappa shape index (κ3) is 2.95. The Bertz CT molecular complexity index is 239. The largest absolute Gasteiger partial charge is 0.391 e. The van der Waals surface area contributed by atoms with Crippen molar-refractivity contribution in [3.8, 4) is 0 Å². The van der Waals surface area contributed by atoms with Crippen LogP contribution in [0, 0.1) is 0 Å². The Hall–Kier alpha value is -0.610. The minimum absolute atomic E-state index is 0.0302. The Morgan fingerprint density at radius 3 is 2.69 bits per heavy atom. The van der Waals surface area contributed by atoms with Crippen molar-refractivity contribution >= 4 is 5.91 Å². The summed E-state index contributed by atoms with van der Waals surface area (Å²) in [6, 6.07) is -0.0622. The van der Waals surface area contributed by atoms with Gasteiger partial charge in [0.25, 0.3) is 0 Å². The molecule has 0 aromatic carbocycles. The first-order chi connectivity index (χ1) is 7.77. The molecule has 2 unspecified atom stereocenters. The first-order valence-electron chi connectivity index (χ1n) is 6.49. The van der Waals surface area contributed by atoms with Crippen molar-refractivity contribution in [1.82, 2.24) is 10.6 Å². The average Bonchev–Trinajstić information content (AvgIpc) is 2.73. The van der Waals surface area contributed by atoms with Gasteiger partial charge < -0.3 is 15.7 Å². The number of amides is 1. The first-order valence-corrected chi connectivity index (χ1v) is 6.49. The van der Waals surface area contributed by atoms with Gasteiger partial charge in [0.1, 0.15) is 0 Å². The van der Waals surface area contributed by atoms with E-state index in [0.29, 0.717) is 0 Å². The van der Waals surface area contributed by atoms with Gasteiger partial charge in [-0.3, -0.25) is 4.79 Å². The summed E-state index contributed by atoms with van der Waals surface area (Å²) in [5.74, 6) is 0.0726. The maximum absolute atomic E-state index is 11.9. The normalized spacial score (nSPS) is 35.7. The number of nitrogens with one attached hydrogen (secondary N) is 2. The highest BCUT2D eigenvalue weighted by Gasteiger charge is 2.27. The molecular formula is C12H22N2O2. The van der Waals surface area contributed by atoms with E-state index < -0.39 is 0 Å². The van der Waals surface area contributed by atoms with Gasteiger partial charge in [-0.05, 0) is 32.2 Å². The molecule has 2 fully saturated rings. The maximum atomic E-state index is 11.9. The van der Waals surface area contributed by atoms with Crippen LogP contribution in [-0.2, 0) is 4.79 Å². The summed E-state index contributed by atoms with van der Waals surface area (Å²) in [4.78, 5) is 11.9. The van der Waals surface area contributed by atoms with Crippen molar-refractivity contribution in [2.24, 2.45) is 0 Å². The van der Waals surface area contributed by atoms with E-state index in [9.17, 15) is 9.90 Å². The summed E-state index contributed by atoms with van der Waals surface area (Å²) in [6.07, 6.45) is 6.75. The summed E-state index contributed by atoms with van der Waals surface area (Å²) < 4.78 is 0. The first kappa shape index (κ1) is 11.9. The number of carbonyl (C=O) groups is 1. The van der Waals surface area contributed by atoms with Gasteiger partial charge in [-0.15, -0.1) is 0 Å². The third-order valence-corrected chi connectivity index (χ3v) is 3.68. The van der Waals surface area contributed by atoms with Gasteiger partial charge in [-0.2, -0.15) is 0 Å². The molecule has 16 heavy (non-hydrogen) atoms. The highest BCUT2D eigenvalue weighted by Crippen LogP contribution is 2.18. The molecule has 1 saturated carbocycles. The van der Waals surface area contributed by atoms with E-state index >= 15 is 0 Å². The summed E-state index contributed by atoms with van der Waals surface area (Å²) in [6.45, 7) is 0.936. The third-order valence-electron chi connectivity index (χ3n) is 3.68. The Morgan fingerprint density at radius 2 is 1.94 bits per heavy atom. The van der Waals surface area contributed by atoms with E-state index in [1.54, 1.807) is 0 Å². The van der Waals surface area contributed by atoms with Crippen molar-refractivity contribution in [2.45, 2.75) is 63.1 Å². The van der Waals surface area contributed by atoms with Crippen molar-refractivity contribution in [3.05, 3.63) is 0 Å². The zero-order valence-corrected chi connectivity index (χ0v) is 9.74. The van der Waals surface area contributed by atoms with Crippen molar-refractivity contribution in [1.29, 1.82) is 0 Å². The summed E-state index contributed by atoms with van der Waals surface area (Å²) >= 11 is 0. The van der Waals surface area contributed by atoms with E-state index in [2.05, 4.69) is 10.6 Å². The molecule has 3 N–H and O–H groups in total. The van der Waals surface area contributed by atoms with Crippen LogP contribution in [0.25, 0.3) is 0 Å². The number of carbonyl (C=O) groups excluding carboxylic acids is 1. The molecule has 0 radical (unpaired) electrons. The molecule has 2 aliphatic rings. The van der Waals surface area contributed by atoms with Crippen LogP contribution in [0.1, 0.15) is 44.9 Å². The van der Waals surface area contributed by atoms with Gasteiger partial charge in [-0.25, -0.2) is 0 Å². The topological polar surface area (TPSA) is 61.4 Å². The molecule has 2 rings (SSSR count). The summed E-state index contributed by atoms with van der Waals surface area (Å²) in [7, 11) is 0. The van der Waals surface area contributed by atoms with Gasteiger partial charge in [0.05, 0.1) is 18.2 Å². The molecule has 4 heteroatoms. The van der Waals surface area contributed by atoms with Crippen molar-refractivity contribution < 1.29 is 9.90 Å². The molecule has 3 atom stereocenters. The molecule has 0 aromatic rings. The minimum atomic E-state index is -0.354. The maximum Gasteiger partial charge on any atom is 0.237 e. The average molecular weight is 226 g/mol. The smallest absolute Gasteiger partial charge is 0.237 e. The van der Waals surface area contributed by atoms with Crippen LogP contribution in [0.4, 0.5) is 0 Å². The van der Waals surface area contributed by atoms with Crippen LogP contribution < -0.4 is 10.6 Å². The molecule has 0 spiro atoms. The molecule has 1 saturated heterocycles. The van der Waals surface area contributed by atoms with E-state index in [4.69, 9.17) is 0 Å². The van der Waals surface area contributed by atoms with E-state index in [1.165, 1.54) is 6.42 Å². The Balaban J connectivity index is 1.84. The second-order valence-corrected chi connectivity index (χ2v) is 4.97. The Kier molecular flexibility index (Phi) is 4.18. The number of rotatable bonds is 2. The molecule has 4 nitrogen and oxygen atoms in total.